The van der Waals surface area contributed by atoms with Gasteiger partial charge in [0.05, 0.1) is 19.3 Å². The summed E-state index contributed by atoms with van der Waals surface area (Å²) in [6.45, 7) is 11.9. The molecule has 24 heavy (non-hydrogen) atoms. The number of amides is 2. The fourth-order valence-electron chi connectivity index (χ4n) is 3.66. The lowest BCUT2D eigenvalue weighted by Crippen LogP contribution is -2.53. The van der Waals surface area contributed by atoms with E-state index in [0.29, 0.717) is 19.1 Å². The zero-order valence-corrected chi connectivity index (χ0v) is 15.6. The average Bonchev–Trinajstić information content (AvgIpc) is 2.83. The van der Waals surface area contributed by atoms with Crippen LogP contribution >= 0.6 is 0 Å². The highest BCUT2D eigenvalue weighted by molar-refractivity contribution is 5.75. The van der Waals surface area contributed by atoms with Crippen molar-refractivity contribution in [3.05, 3.63) is 30.1 Å². The van der Waals surface area contributed by atoms with E-state index < -0.39 is 0 Å². The van der Waals surface area contributed by atoms with Crippen molar-refractivity contribution in [3.8, 4) is 0 Å². The maximum Gasteiger partial charge on any atom is 0.315 e. The van der Waals surface area contributed by atoms with Crippen molar-refractivity contribution in [2.75, 3.05) is 13.2 Å². The first kappa shape index (κ1) is 18.7. The van der Waals surface area contributed by atoms with Gasteiger partial charge in [-0.3, -0.25) is 4.98 Å². The van der Waals surface area contributed by atoms with Gasteiger partial charge in [0.25, 0.3) is 0 Å². The van der Waals surface area contributed by atoms with E-state index in [1.165, 1.54) is 5.56 Å². The third-order valence-electron chi connectivity index (χ3n) is 4.19. The summed E-state index contributed by atoms with van der Waals surface area (Å²) in [6, 6.07) is 3.96. The van der Waals surface area contributed by atoms with Gasteiger partial charge in [-0.25, -0.2) is 4.79 Å². The smallest absolute Gasteiger partial charge is 0.315 e. The normalized spacial score (nSPS) is 21.5. The summed E-state index contributed by atoms with van der Waals surface area (Å²) in [5.41, 5.74) is 1.14. The highest BCUT2D eigenvalue weighted by atomic mass is 16.5. The van der Waals surface area contributed by atoms with E-state index in [-0.39, 0.29) is 23.0 Å². The van der Waals surface area contributed by atoms with Crippen LogP contribution in [0.25, 0.3) is 0 Å². The van der Waals surface area contributed by atoms with E-state index in [0.717, 1.165) is 12.8 Å². The minimum Gasteiger partial charge on any atom is -0.379 e. The standard InChI is InChI=1S/C19H31N3O2/c1-18(2,3)13-19(4,5)22-17(23)21-16-12-24-11-15(16)10-14-6-8-20-9-7-14/h6-9,15-16H,10-13H2,1-5H3,(H2,21,22,23)/t15-,16-/m1/s1. The minimum absolute atomic E-state index is 0.0450. The summed E-state index contributed by atoms with van der Waals surface area (Å²) in [7, 11) is 0. The summed E-state index contributed by atoms with van der Waals surface area (Å²) in [6.07, 6.45) is 5.40. The Morgan fingerprint density at radius 3 is 2.50 bits per heavy atom. The summed E-state index contributed by atoms with van der Waals surface area (Å²) >= 11 is 0. The lowest BCUT2D eigenvalue weighted by Gasteiger charge is -2.34. The number of nitrogens with one attached hydrogen (secondary N) is 2. The van der Waals surface area contributed by atoms with Gasteiger partial charge in [-0.05, 0) is 49.8 Å². The maximum absolute atomic E-state index is 12.4. The van der Waals surface area contributed by atoms with Crippen LogP contribution in [0.4, 0.5) is 4.79 Å². The molecule has 2 N–H and O–H groups in total. The zero-order chi connectivity index (χ0) is 17.8. The second kappa shape index (κ2) is 7.51. The molecule has 2 atom stereocenters. The Kier molecular flexibility index (Phi) is 5.86. The SMILES string of the molecule is CC(C)(C)CC(C)(C)NC(=O)N[C@@H]1COC[C@H]1Cc1ccncc1. The summed E-state index contributed by atoms with van der Waals surface area (Å²) < 4.78 is 5.60. The van der Waals surface area contributed by atoms with E-state index in [4.69, 9.17) is 4.74 Å². The molecular formula is C19H31N3O2. The molecule has 1 aliphatic heterocycles. The molecule has 0 saturated carbocycles. The molecule has 1 fully saturated rings. The van der Waals surface area contributed by atoms with Gasteiger partial charge in [0.15, 0.2) is 0 Å². The van der Waals surface area contributed by atoms with E-state index in [1.807, 2.05) is 12.1 Å². The van der Waals surface area contributed by atoms with Crippen molar-refractivity contribution in [1.82, 2.24) is 15.6 Å². The fraction of sp³-hybridized carbons (Fsp3) is 0.684. The van der Waals surface area contributed by atoms with Crippen LogP contribution in [-0.4, -0.2) is 35.8 Å². The molecule has 1 saturated heterocycles. The van der Waals surface area contributed by atoms with Crippen molar-refractivity contribution >= 4 is 6.03 Å². The predicted molar refractivity (Wildman–Crippen MR) is 95.9 cm³/mol. The second-order valence-corrected chi connectivity index (χ2v) is 8.68. The minimum atomic E-state index is -0.248. The Hall–Kier alpha value is -1.62. The molecule has 1 aromatic rings. The summed E-state index contributed by atoms with van der Waals surface area (Å²) in [4.78, 5) is 16.5. The van der Waals surface area contributed by atoms with Crippen LogP contribution in [0, 0.1) is 11.3 Å². The first-order valence-corrected chi connectivity index (χ1v) is 8.70. The highest BCUT2D eigenvalue weighted by Crippen LogP contribution is 2.27. The topological polar surface area (TPSA) is 63.2 Å². The monoisotopic (exact) mass is 333 g/mol. The Balaban J connectivity index is 1.88. The number of nitrogens with zero attached hydrogens (tertiary/aromatic N) is 1. The molecule has 2 amide bonds. The molecule has 2 rings (SSSR count). The molecule has 5 heteroatoms. The van der Waals surface area contributed by atoms with Gasteiger partial charge in [-0.1, -0.05) is 20.8 Å². The van der Waals surface area contributed by atoms with E-state index in [1.54, 1.807) is 12.4 Å². The summed E-state index contributed by atoms with van der Waals surface area (Å²) in [5, 5.41) is 6.21. The van der Waals surface area contributed by atoms with Crippen molar-refractivity contribution in [3.63, 3.8) is 0 Å². The first-order valence-electron chi connectivity index (χ1n) is 8.70. The lowest BCUT2D eigenvalue weighted by atomic mass is 9.82. The molecule has 0 unspecified atom stereocenters. The van der Waals surface area contributed by atoms with Crippen LogP contribution in [0.1, 0.15) is 46.6 Å². The van der Waals surface area contributed by atoms with Crippen molar-refractivity contribution in [2.45, 2.75) is 59.0 Å². The van der Waals surface area contributed by atoms with Crippen LogP contribution in [-0.2, 0) is 11.2 Å². The van der Waals surface area contributed by atoms with Crippen LogP contribution in [0.15, 0.2) is 24.5 Å². The van der Waals surface area contributed by atoms with Gasteiger partial charge in [0.1, 0.15) is 0 Å². The molecule has 0 bridgehead atoms. The van der Waals surface area contributed by atoms with Crippen LogP contribution < -0.4 is 10.6 Å². The number of hydrogen-bond acceptors (Lipinski definition) is 3. The van der Waals surface area contributed by atoms with Crippen molar-refractivity contribution in [2.24, 2.45) is 11.3 Å². The van der Waals surface area contributed by atoms with Gasteiger partial charge in [-0.15, -0.1) is 0 Å². The molecule has 1 aromatic heterocycles. The Bertz CT molecular complexity index is 537. The molecular weight excluding hydrogens is 302 g/mol. The number of rotatable bonds is 5. The highest BCUT2D eigenvalue weighted by Gasteiger charge is 2.32. The first-order chi connectivity index (χ1) is 11.1. The Labute approximate surface area is 145 Å². The third kappa shape index (κ3) is 6.11. The number of carbonyl (C=O) groups is 1. The largest absolute Gasteiger partial charge is 0.379 e. The van der Waals surface area contributed by atoms with Crippen molar-refractivity contribution in [1.29, 1.82) is 0 Å². The maximum atomic E-state index is 12.4. The zero-order valence-electron chi connectivity index (χ0n) is 15.6. The van der Waals surface area contributed by atoms with Crippen LogP contribution in [0.5, 0.6) is 0 Å². The number of urea groups is 1. The molecule has 134 valence electrons. The molecule has 5 nitrogen and oxygen atoms in total. The van der Waals surface area contributed by atoms with E-state index in [9.17, 15) is 4.79 Å². The average molecular weight is 333 g/mol. The van der Waals surface area contributed by atoms with Gasteiger partial charge < -0.3 is 15.4 Å². The number of carbonyl (C=O) groups excluding carboxylic acids is 1. The quantitative estimate of drug-likeness (QED) is 0.870. The number of hydrogen-bond donors (Lipinski definition) is 2. The van der Waals surface area contributed by atoms with E-state index >= 15 is 0 Å². The second-order valence-electron chi connectivity index (χ2n) is 8.68. The molecule has 0 aliphatic carbocycles. The molecule has 1 aliphatic rings. The number of aromatic nitrogens is 1. The fourth-order valence-corrected chi connectivity index (χ4v) is 3.66. The summed E-state index contributed by atoms with van der Waals surface area (Å²) in [5.74, 6) is 0.295. The number of ether oxygens (including phenoxy) is 1. The van der Waals surface area contributed by atoms with Gasteiger partial charge in [0.2, 0.25) is 0 Å². The van der Waals surface area contributed by atoms with Gasteiger partial charge in [-0.2, -0.15) is 0 Å². The molecule has 0 aromatic carbocycles. The predicted octanol–water partition coefficient (Wildman–Crippen LogP) is 3.15. The van der Waals surface area contributed by atoms with Gasteiger partial charge >= 0.3 is 6.03 Å². The van der Waals surface area contributed by atoms with E-state index in [2.05, 4.69) is 50.2 Å². The van der Waals surface area contributed by atoms with Gasteiger partial charge in [0, 0.05) is 23.9 Å². The Morgan fingerprint density at radius 2 is 1.88 bits per heavy atom. The lowest BCUT2D eigenvalue weighted by molar-refractivity contribution is 0.180. The Morgan fingerprint density at radius 1 is 1.21 bits per heavy atom. The van der Waals surface area contributed by atoms with Crippen LogP contribution in [0.3, 0.4) is 0 Å². The third-order valence-corrected chi connectivity index (χ3v) is 4.19. The molecule has 2 heterocycles. The van der Waals surface area contributed by atoms with Crippen molar-refractivity contribution < 1.29 is 9.53 Å². The molecule has 0 spiro atoms. The molecule has 0 radical (unpaired) electrons. The van der Waals surface area contributed by atoms with Crippen LogP contribution in [0.2, 0.25) is 0 Å². The number of pyridine rings is 1.